The summed E-state index contributed by atoms with van der Waals surface area (Å²) in [7, 11) is 0. The molecule has 0 spiro atoms. The minimum Gasteiger partial charge on any atom is -0.372 e. The van der Waals surface area contributed by atoms with E-state index in [0.717, 1.165) is 13.0 Å². The van der Waals surface area contributed by atoms with Crippen LogP contribution in [0.4, 0.5) is 0 Å². The monoisotopic (exact) mass is 196 g/mol. The van der Waals surface area contributed by atoms with E-state index in [1.54, 1.807) is 0 Å². The molecule has 1 aliphatic rings. The number of thiophene rings is 1. The Bertz CT molecular complexity index is 267. The van der Waals surface area contributed by atoms with Crippen LogP contribution in [0.2, 0.25) is 0 Å². The first kappa shape index (κ1) is 9.22. The minimum atomic E-state index is 0.406. The smallest absolute Gasteiger partial charge is 0.0919 e. The van der Waals surface area contributed by atoms with Crippen LogP contribution in [0, 0.1) is 0 Å². The molecule has 2 heterocycles. The maximum absolute atomic E-state index is 5.78. The summed E-state index contributed by atoms with van der Waals surface area (Å²) < 4.78 is 5.78. The van der Waals surface area contributed by atoms with E-state index in [1.165, 1.54) is 29.7 Å². The fourth-order valence-corrected chi connectivity index (χ4v) is 2.87. The van der Waals surface area contributed by atoms with Gasteiger partial charge in [-0.1, -0.05) is 19.8 Å². The Morgan fingerprint density at radius 2 is 2.54 bits per heavy atom. The van der Waals surface area contributed by atoms with Crippen LogP contribution >= 0.6 is 11.3 Å². The summed E-state index contributed by atoms with van der Waals surface area (Å²) in [6.07, 6.45) is 5.26. The summed E-state index contributed by atoms with van der Waals surface area (Å²) in [5, 5.41) is 2.19. The lowest BCUT2D eigenvalue weighted by Crippen LogP contribution is -2.13. The van der Waals surface area contributed by atoms with Crippen molar-refractivity contribution < 1.29 is 4.74 Å². The SMILES string of the molecule is CCCCC1OCCc2ccsc21. The average Bonchev–Trinajstić information content (AvgIpc) is 2.62. The van der Waals surface area contributed by atoms with Crippen molar-refractivity contribution >= 4 is 11.3 Å². The molecule has 0 radical (unpaired) electrons. The van der Waals surface area contributed by atoms with E-state index in [0.29, 0.717) is 6.10 Å². The Balaban J connectivity index is 2.07. The van der Waals surface area contributed by atoms with E-state index < -0.39 is 0 Å². The van der Waals surface area contributed by atoms with Gasteiger partial charge < -0.3 is 4.74 Å². The zero-order chi connectivity index (χ0) is 9.10. The molecule has 2 rings (SSSR count). The molecular weight excluding hydrogens is 180 g/mol. The fourth-order valence-electron chi connectivity index (χ4n) is 1.83. The van der Waals surface area contributed by atoms with Crippen molar-refractivity contribution in [3.8, 4) is 0 Å². The predicted octanol–water partition coefficient (Wildman–Crippen LogP) is 3.55. The third kappa shape index (κ3) is 1.94. The summed E-state index contributed by atoms with van der Waals surface area (Å²) in [6, 6.07) is 2.25. The number of unbranched alkanes of at least 4 members (excludes halogenated alkanes) is 1. The van der Waals surface area contributed by atoms with E-state index in [9.17, 15) is 0 Å². The highest BCUT2D eigenvalue weighted by molar-refractivity contribution is 7.10. The molecule has 2 heteroatoms. The van der Waals surface area contributed by atoms with Crippen LogP contribution < -0.4 is 0 Å². The molecule has 1 aromatic heterocycles. The van der Waals surface area contributed by atoms with Gasteiger partial charge in [0, 0.05) is 4.88 Å². The van der Waals surface area contributed by atoms with E-state index >= 15 is 0 Å². The molecule has 1 atom stereocenters. The maximum Gasteiger partial charge on any atom is 0.0919 e. The average molecular weight is 196 g/mol. The van der Waals surface area contributed by atoms with Gasteiger partial charge >= 0.3 is 0 Å². The lowest BCUT2D eigenvalue weighted by molar-refractivity contribution is 0.0382. The fraction of sp³-hybridized carbons (Fsp3) is 0.636. The van der Waals surface area contributed by atoms with Gasteiger partial charge in [0.25, 0.3) is 0 Å². The predicted molar refractivity (Wildman–Crippen MR) is 56.2 cm³/mol. The summed E-state index contributed by atoms with van der Waals surface area (Å²) in [4.78, 5) is 1.49. The largest absolute Gasteiger partial charge is 0.372 e. The standard InChI is InChI=1S/C11H16OS/c1-2-3-4-10-11-9(5-7-12-10)6-8-13-11/h6,8,10H,2-5,7H2,1H3. The Morgan fingerprint density at radius 3 is 3.38 bits per heavy atom. The zero-order valence-electron chi connectivity index (χ0n) is 8.08. The van der Waals surface area contributed by atoms with Crippen molar-refractivity contribution in [1.82, 2.24) is 0 Å². The van der Waals surface area contributed by atoms with Crippen molar-refractivity contribution in [1.29, 1.82) is 0 Å². The van der Waals surface area contributed by atoms with Gasteiger partial charge in [-0.3, -0.25) is 0 Å². The third-order valence-electron chi connectivity index (χ3n) is 2.58. The van der Waals surface area contributed by atoms with Gasteiger partial charge in [-0.2, -0.15) is 0 Å². The first-order valence-corrected chi connectivity index (χ1v) is 5.97. The summed E-state index contributed by atoms with van der Waals surface area (Å²) in [5.74, 6) is 0. The Morgan fingerprint density at radius 1 is 1.62 bits per heavy atom. The normalized spacial score (nSPS) is 21.5. The van der Waals surface area contributed by atoms with Crippen LogP contribution in [0.15, 0.2) is 11.4 Å². The number of ether oxygens (including phenoxy) is 1. The highest BCUT2D eigenvalue weighted by Gasteiger charge is 2.20. The minimum absolute atomic E-state index is 0.406. The van der Waals surface area contributed by atoms with Crippen LogP contribution in [-0.2, 0) is 11.2 Å². The van der Waals surface area contributed by atoms with Gasteiger partial charge in [0.15, 0.2) is 0 Å². The lowest BCUT2D eigenvalue weighted by atomic mass is 10.0. The third-order valence-corrected chi connectivity index (χ3v) is 3.63. The van der Waals surface area contributed by atoms with Gasteiger partial charge in [0.2, 0.25) is 0 Å². The molecule has 1 unspecified atom stereocenters. The van der Waals surface area contributed by atoms with Crippen LogP contribution in [0.25, 0.3) is 0 Å². The molecule has 1 aliphatic heterocycles. The summed E-state index contributed by atoms with van der Waals surface area (Å²) in [5.41, 5.74) is 1.53. The molecular formula is C11H16OS. The van der Waals surface area contributed by atoms with Gasteiger partial charge in [-0.15, -0.1) is 11.3 Å². The van der Waals surface area contributed by atoms with Crippen molar-refractivity contribution in [3.05, 3.63) is 21.9 Å². The van der Waals surface area contributed by atoms with Crippen LogP contribution in [0.5, 0.6) is 0 Å². The van der Waals surface area contributed by atoms with Gasteiger partial charge in [-0.05, 0) is 29.9 Å². The first-order chi connectivity index (χ1) is 6.42. The van der Waals surface area contributed by atoms with E-state index in [-0.39, 0.29) is 0 Å². The number of rotatable bonds is 3. The topological polar surface area (TPSA) is 9.23 Å². The number of hydrogen-bond donors (Lipinski definition) is 0. The molecule has 0 saturated carbocycles. The van der Waals surface area contributed by atoms with E-state index in [2.05, 4.69) is 18.4 Å². The van der Waals surface area contributed by atoms with Crippen molar-refractivity contribution in [2.45, 2.75) is 38.7 Å². The molecule has 13 heavy (non-hydrogen) atoms. The highest BCUT2D eigenvalue weighted by atomic mass is 32.1. The second-order valence-electron chi connectivity index (χ2n) is 3.56. The van der Waals surface area contributed by atoms with Crippen LogP contribution in [0.3, 0.4) is 0 Å². The van der Waals surface area contributed by atoms with Crippen molar-refractivity contribution in [2.24, 2.45) is 0 Å². The molecule has 0 aromatic carbocycles. The van der Waals surface area contributed by atoms with Crippen LogP contribution in [0.1, 0.15) is 42.7 Å². The van der Waals surface area contributed by atoms with E-state index in [4.69, 9.17) is 4.74 Å². The maximum atomic E-state index is 5.78. The van der Waals surface area contributed by atoms with Gasteiger partial charge in [-0.25, -0.2) is 0 Å². The first-order valence-electron chi connectivity index (χ1n) is 5.09. The molecule has 0 N–H and O–H groups in total. The molecule has 0 aliphatic carbocycles. The molecule has 1 aromatic rings. The van der Waals surface area contributed by atoms with Gasteiger partial charge in [0.1, 0.15) is 0 Å². The molecule has 72 valence electrons. The molecule has 0 fully saturated rings. The Labute approximate surface area is 83.7 Å². The van der Waals surface area contributed by atoms with Crippen LogP contribution in [-0.4, -0.2) is 6.61 Å². The lowest BCUT2D eigenvalue weighted by Gasteiger charge is -2.22. The number of fused-ring (bicyclic) bond motifs is 1. The summed E-state index contributed by atoms with van der Waals surface area (Å²) >= 11 is 1.86. The molecule has 0 saturated heterocycles. The highest BCUT2D eigenvalue weighted by Crippen LogP contribution is 2.34. The van der Waals surface area contributed by atoms with E-state index in [1.807, 2.05) is 11.3 Å². The zero-order valence-corrected chi connectivity index (χ0v) is 8.90. The second-order valence-corrected chi connectivity index (χ2v) is 4.51. The molecule has 0 bridgehead atoms. The molecule has 0 amide bonds. The van der Waals surface area contributed by atoms with Crippen molar-refractivity contribution in [2.75, 3.05) is 6.61 Å². The Hall–Kier alpha value is -0.340. The molecule has 1 nitrogen and oxygen atoms in total. The number of hydrogen-bond acceptors (Lipinski definition) is 2. The van der Waals surface area contributed by atoms with Crippen molar-refractivity contribution in [3.63, 3.8) is 0 Å². The Kier molecular flexibility index (Phi) is 3.01. The quantitative estimate of drug-likeness (QED) is 0.718. The second kappa shape index (κ2) is 4.25. The van der Waals surface area contributed by atoms with Gasteiger partial charge in [0.05, 0.1) is 12.7 Å². The summed E-state index contributed by atoms with van der Waals surface area (Å²) in [6.45, 7) is 3.15.